The van der Waals surface area contributed by atoms with Crippen LogP contribution in [0.5, 0.6) is 5.88 Å². The van der Waals surface area contributed by atoms with Crippen LogP contribution in [0.25, 0.3) is 10.9 Å². The first-order valence-corrected chi connectivity index (χ1v) is 6.55. The van der Waals surface area contributed by atoms with Crippen molar-refractivity contribution in [3.8, 4) is 5.88 Å². The lowest BCUT2D eigenvalue weighted by Gasteiger charge is -1.97. The summed E-state index contributed by atoms with van der Waals surface area (Å²) in [5.41, 5.74) is 1.27. The number of halogens is 2. The van der Waals surface area contributed by atoms with Crippen LogP contribution in [-0.2, 0) is 6.54 Å². The van der Waals surface area contributed by atoms with Crippen LogP contribution in [0.1, 0.15) is 0 Å². The maximum atomic E-state index is 5.82. The fraction of sp³-hybridized carbons (Fsp3) is 0.250. The summed E-state index contributed by atoms with van der Waals surface area (Å²) in [5, 5.41) is 1.28. The van der Waals surface area contributed by atoms with Gasteiger partial charge in [-0.2, -0.15) is 4.57 Å². The predicted octanol–water partition coefficient (Wildman–Crippen LogP) is -0.673. The molecule has 0 N–H and O–H groups in total. The maximum Gasteiger partial charge on any atom is 0.368 e. The third-order valence-electron chi connectivity index (χ3n) is 2.74. The highest BCUT2D eigenvalue weighted by Gasteiger charge is 2.30. The van der Waals surface area contributed by atoms with Crippen molar-refractivity contribution in [1.82, 2.24) is 0 Å². The summed E-state index contributed by atoms with van der Waals surface area (Å²) in [7, 11) is 0. The van der Waals surface area contributed by atoms with Crippen LogP contribution in [0.3, 0.4) is 0 Å². The Morgan fingerprint density at radius 1 is 1.25 bits per heavy atom. The zero-order valence-corrected chi connectivity index (χ0v) is 12.9. The van der Waals surface area contributed by atoms with Crippen molar-refractivity contribution in [2.24, 2.45) is 0 Å². The number of fused-ring (bicyclic) bond motifs is 3. The van der Waals surface area contributed by atoms with E-state index < -0.39 is 0 Å². The molecular weight excluding hydrogens is 428 g/mol. The van der Waals surface area contributed by atoms with Gasteiger partial charge in [0, 0.05) is 15.9 Å². The number of hydrogen-bond acceptors (Lipinski definition) is 1. The van der Waals surface area contributed by atoms with E-state index in [2.05, 4.69) is 63.6 Å². The van der Waals surface area contributed by atoms with Crippen LogP contribution in [-0.4, -0.2) is 10.5 Å². The van der Waals surface area contributed by atoms with Crippen molar-refractivity contribution in [2.75, 3.05) is 4.43 Å². The molecule has 2 aromatic rings. The van der Waals surface area contributed by atoms with Crippen LogP contribution < -0.4 is 33.3 Å². The van der Waals surface area contributed by atoms with Crippen molar-refractivity contribution < 1.29 is 33.3 Å². The molecule has 0 radical (unpaired) electrons. The lowest BCUT2D eigenvalue weighted by Crippen LogP contribution is -3.00. The minimum atomic E-state index is 0. The lowest BCUT2D eigenvalue weighted by molar-refractivity contribution is -0.655. The SMILES string of the molecule is ICC1C[n+]2c(ccc3ccccc32)O1.[I-]. The van der Waals surface area contributed by atoms with Crippen LogP contribution in [0.2, 0.25) is 0 Å². The molecule has 3 rings (SSSR count). The van der Waals surface area contributed by atoms with Crippen LogP contribution in [0, 0.1) is 0 Å². The van der Waals surface area contributed by atoms with Gasteiger partial charge in [-0.15, -0.1) is 0 Å². The molecule has 1 aromatic carbocycles. The number of nitrogens with zero attached hydrogens (tertiary/aromatic N) is 1. The summed E-state index contributed by atoms with van der Waals surface area (Å²) in [6, 6.07) is 12.6. The van der Waals surface area contributed by atoms with E-state index in [-0.39, 0.29) is 24.0 Å². The number of para-hydroxylation sites is 1. The van der Waals surface area contributed by atoms with Crippen LogP contribution in [0.4, 0.5) is 0 Å². The number of rotatable bonds is 1. The Morgan fingerprint density at radius 2 is 2.06 bits per heavy atom. The average molecular weight is 439 g/mol. The number of hydrogen-bond donors (Lipinski definition) is 0. The Labute approximate surface area is 125 Å². The second-order valence-electron chi connectivity index (χ2n) is 3.74. The molecule has 84 valence electrons. The summed E-state index contributed by atoms with van der Waals surface area (Å²) in [6.07, 6.45) is 0.330. The normalized spacial score (nSPS) is 17.7. The number of aromatic nitrogens is 1. The topological polar surface area (TPSA) is 13.1 Å². The fourth-order valence-electron chi connectivity index (χ4n) is 2.03. The highest BCUT2D eigenvalue weighted by molar-refractivity contribution is 14.1. The Bertz CT molecular complexity index is 515. The van der Waals surface area contributed by atoms with Crippen molar-refractivity contribution in [1.29, 1.82) is 0 Å². The van der Waals surface area contributed by atoms with E-state index in [1.54, 1.807) is 0 Å². The third kappa shape index (κ3) is 2.01. The first-order chi connectivity index (χ1) is 7.38. The second-order valence-corrected chi connectivity index (χ2v) is 4.62. The average Bonchev–Trinajstić information content (AvgIpc) is 2.72. The first-order valence-electron chi connectivity index (χ1n) is 5.03. The van der Waals surface area contributed by atoms with E-state index in [0.29, 0.717) is 6.10 Å². The Kier molecular flexibility index (Phi) is 3.89. The highest BCUT2D eigenvalue weighted by Crippen LogP contribution is 2.20. The van der Waals surface area contributed by atoms with E-state index in [1.165, 1.54) is 10.9 Å². The minimum Gasteiger partial charge on any atom is -1.00 e. The van der Waals surface area contributed by atoms with Gasteiger partial charge < -0.3 is 28.7 Å². The van der Waals surface area contributed by atoms with Gasteiger partial charge >= 0.3 is 5.88 Å². The van der Waals surface area contributed by atoms with Gasteiger partial charge in [0.05, 0.1) is 6.07 Å². The predicted molar refractivity (Wildman–Crippen MR) is 67.4 cm³/mol. The molecule has 1 unspecified atom stereocenters. The molecule has 16 heavy (non-hydrogen) atoms. The molecular formula is C12H11I2NO. The van der Waals surface area contributed by atoms with Crippen molar-refractivity contribution >= 4 is 33.5 Å². The molecule has 0 amide bonds. The van der Waals surface area contributed by atoms with Gasteiger partial charge in [0.15, 0.2) is 12.6 Å². The zero-order chi connectivity index (χ0) is 10.3. The third-order valence-corrected chi connectivity index (χ3v) is 3.73. The molecule has 0 saturated carbocycles. The van der Waals surface area contributed by atoms with E-state index in [4.69, 9.17) is 4.74 Å². The van der Waals surface area contributed by atoms with Gasteiger partial charge in [-0.3, -0.25) is 0 Å². The Balaban J connectivity index is 0.000000963. The summed E-state index contributed by atoms with van der Waals surface area (Å²) < 4.78 is 9.12. The van der Waals surface area contributed by atoms with Gasteiger partial charge in [-0.05, 0) is 12.1 Å². The Hall–Kier alpha value is -0.110. The molecule has 0 saturated heterocycles. The van der Waals surface area contributed by atoms with Crippen molar-refractivity contribution in [3.05, 3.63) is 36.4 Å². The molecule has 0 bridgehead atoms. The first kappa shape index (κ1) is 12.3. The van der Waals surface area contributed by atoms with Crippen LogP contribution in [0.15, 0.2) is 36.4 Å². The molecule has 1 aliphatic heterocycles. The fourth-order valence-corrected chi connectivity index (χ4v) is 2.49. The summed E-state index contributed by atoms with van der Waals surface area (Å²) in [5.74, 6) is 0.996. The van der Waals surface area contributed by atoms with E-state index in [0.717, 1.165) is 16.9 Å². The van der Waals surface area contributed by atoms with Gasteiger partial charge in [0.25, 0.3) is 0 Å². The van der Waals surface area contributed by atoms with Crippen LogP contribution >= 0.6 is 22.6 Å². The van der Waals surface area contributed by atoms with Crippen molar-refractivity contribution in [2.45, 2.75) is 12.6 Å². The molecule has 0 spiro atoms. The molecule has 2 nitrogen and oxygen atoms in total. The van der Waals surface area contributed by atoms with Crippen molar-refractivity contribution in [3.63, 3.8) is 0 Å². The van der Waals surface area contributed by atoms with E-state index in [9.17, 15) is 0 Å². The summed E-state index contributed by atoms with van der Waals surface area (Å²) in [6.45, 7) is 0.972. The van der Waals surface area contributed by atoms with Gasteiger partial charge in [0.2, 0.25) is 5.52 Å². The molecule has 0 aliphatic carbocycles. The largest absolute Gasteiger partial charge is 1.00 e. The monoisotopic (exact) mass is 439 g/mol. The lowest BCUT2D eigenvalue weighted by atomic mass is 10.2. The number of benzene rings is 1. The molecule has 0 fully saturated rings. The molecule has 4 heteroatoms. The second kappa shape index (κ2) is 5.03. The molecule has 1 aromatic heterocycles. The Morgan fingerprint density at radius 3 is 2.88 bits per heavy atom. The molecule has 1 aliphatic rings. The molecule has 1 atom stereocenters. The summed E-state index contributed by atoms with van der Waals surface area (Å²) in [4.78, 5) is 0. The highest BCUT2D eigenvalue weighted by atomic mass is 127. The van der Waals surface area contributed by atoms with E-state index >= 15 is 0 Å². The number of pyridine rings is 1. The quantitative estimate of drug-likeness (QED) is 0.327. The smallest absolute Gasteiger partial charge is 0.368 e. The minimum absolute atomic E-state index is 0. The maximum absolute atomic E-state index is 5.82. The zero-order valence-electron chi connectivity index (χ0n) is 8.57. The van der Waals surface area contributed by atoms with Gasteiger partial charge in [-0.25, -0.2) is 0 Å². The van der Waals surface area contributed by atoms with Gasteiger partial charge in [-0.1, -0.05) is 34.7 Å². The summed E-state index contributed by atoms with van der Waals surface area (Å²) >= 11 is 2.37. The number of alkyl halides is 1. The van der Waals surface area contributed by atoms with Gasteiger partial charge in [0.1, 0.15) is 0 Å². The molecule has 2 heterocycles. The number of ether oxygens (including phenoxy) is 1. The standard InChI is InChI=1S/C12H11INO.HI/c13-7-10-8-14-11-4-2-1-3-9(11)5-6-12(14)15-10;/h1-6,10H,7-8H2;1H/q+1;/p-1. The van der Waals surface area contributed by atoms with E-state index in [1.807, 2.05) is 0 Å².